The lowest BCUT2D eigenvalue weighted by Crippen LogP contribution is -2.36. The molecule has 8 nitrogen and oxygen atoms in total. The molecule has 8 heteroatoms. The summed E-state index contributed by atoms with van der Waals surface area (Å²) in [6, 6.07) is 12.1. The number of hydrogen-bond donors (Lipinski definition) is 2. The average Bonchev–Trinajstić information content (AvgIpc) is 3.29. The molecule has 1 fully saturated rings. The van der Waals surface area contributed by atoms with Gasteiger partial charge >= 0.3 is 0 Å². The summed E-state index contributed by atoms with van der Waals surface area (Å²) in [5.74, 6) is 0.496. The fourth-order valence-electron chi connectivity index (χ4n) is 3.61. The van der Waals surface area contributed by atoms with E-state index in [1.165, 1.54) is 6.42 Å². The molecule has 0 bridgehead atoms. The van der Waals surface area contributed by atoms with Crippen LogP contribution in [0, 0.1) is 0 Å². The zero-order valence-electron chi connectivity index (χ0n) is 17.2. The SMILES string of the molecule is O=C(CNC(=O)c1ccc2c(c1)OCO2)NCc1ccc(C(=O)N2CCCCC2)cc1. The van der Waals surface area contributed by atoms with Crippen LogP contribution in [-0.2, 0) is 11.3 Å². The lowest BCUT2D eigenvalue weighted by molar-refractivity contribution is -0.120. The average molecular weight is 423 g/mol. The van der Waals surface area contributed by atoms with Crippen molar-refractivity contribution in [2.45, 2.75) is 25.8 Å². The Balaban J connectivity index is 1.22. The molecule has 0 aromatic heterocycles. The number of benzene rings is 2. The number of amides is 3. The van der Waals surface area contributed by atoms with Gasteiger partial charge in [-0.15, -0.1) is 0 Å². The van der Waals surface area contributed by atoms with Crippen LogP contribution in [0.5, 0.6) is 11.5 Å². The van der Waals surface area contributed by atoms with Crippen molar-refractivity contribution in [3.05, 3.63) is 59.2 Å². The molecule has 0 unspecified atom stereocenters. The third kappa shape index (κ3) is 5.14. The van der Waals surface area contributed by atoms with Crippen LogP contribution in [-0.4, -0.2) is 49.0 Å². The minimum atomic E-state index is -0.367. The summed E-state index contributed by atoms with van der Waals surface area (Å²) in [5, 5.41) is 5.35. The number of rotatable bonds is 6. The summed E-state index contributed by atoms with van der Waals surface area (Å²) in [5.41, 5.74) is 1.93. The molecule has 2 aromatic carbocycles. The van der Waals surface area contributed by atoms with E-state index in [1.807, 2.05) is 17.0 Å². The number of ether oxygens (including phenoxy) is 2. The molecule has 0 saturated carbocycles. The third-order valence-corrected chi connectivity index (χ3v) is 5.38. The molecule has 2 aromatic rings. The molecule has 4 rings (SSSR count). The van der Waals surface area contributed by atoms with Gasteiger partial charge in [-0.05, 0) is 55.2 Å². The van der Waals surface area contributed by atoms with E-state index in [9.17, 15) is 14.4 Å². The van der Waals surface area contributed by atoms with E-state index in [4.69, 9.17) is 9.47 Å². The van der Waals surface area contributed by atoms with Crippen molar-refractivity contribution in [1.82, 2.24) is 15.5 Å². The fourth-order valence-corrected chi connectivity index (χ4v) is 3.61. The molecule has 3 amide bonds. The van der Waals surface area contributed by atoms with Crippen LogP contribution in [0.2, 0.25) is 0 Å². The molecule has 2 aliphatic rings. The lowest BCUT2D eigenvalue weighted by Gasteiger charge is -2.26. The topological polar surface area (TPSA) is 97.0 Å². The predicted molar refractivity (Wildman–Crippen MR) is 113 cm³/mol. The predicted octanol–water partition coefficient (Wildman–Crippen LogP) is 2.09. The normalized spacial score (nSPS) is 14.8. The number of hydrogen-bond acceptors (Lipinski definition) is 5. The number of nitrogens with zero attached hydrogens (tertiary/aromatic N) is 1. The quantitative estimate of drug-likeness (QED) is 0.742. The highest BCUT2D eigenvalue weighted by molar-refractivity contribution is 5.97. The molecule has 2 N–H and O–H groups in total. The number of carbonyl (C=O) groups excluding carboxylic acids is 3. The maximum atomic E-state index is 12.5. The van der Waals surface area contributed by atoms with E-state index in [0.29, 0.717) is 29.2 Å². The first kappa shape index (κ1) is 20.7. The Morgan fingerprint density at radius 1 is 0.839 bits per heavy atom. The van der Waals surface area contributed by atoms with Gasteiger partial charge in [-0.25, -0.2) is 0 Å². The Morgan fingerprint density at radius 2 is 1.55 bits per heavy atom. The van der Waals surface area contributed by atoms with E-state index >= 15 is 0 Å². The molecule has 2 aliphatic heterocycles. The smallest absolute Gasteiger partial charge is 0.253 e. The Kier molecular flexibility index (Phi) is 6.35. The first-order valence-electron chi connectivity index (χ1n) is 10.4. The maximum absolute atomic E-state index is 12.5. The minimum Gasteiger partial charge on any atom is -0.454 e. The van der Waals surface area contributed by atoms with Gasteiger partial charge in [0.2, 0.25) is 12.7 Å². The fraction of sp³-hybridized carbons (Fsp3) is 0.348. The number of nitrogens with one attached hydrogen (secondary N) is 2. The van der Waals surface area contributed by atoms with Crippen LogP contribution in [0.1, 0.15) is 45.5 Å². The van der Waals surface area contributed by atoms with Crippen molar-refractivity contribution < 1.29 is 23.9 Å². The van der Waals surface area contributed by atoms with E-state index in [1.54, 1.807) is 30.3 Å². The summed E-state index contributed by atoms with van der Waals surface area (Å²) in [6.45, 7) is 1.94. The van der Waals surface area contributed by atoms with Crippen molar-refractivity contribution in [3.63, 3.8) is 0 Å². The first-order chi connectivity index (χ1) is 15.1. The van der Waals surface area contributed by atoms with Crippen molar-refractivity contribution in [2.75, 3.05) is 26.4 Å². The van der Waals surface area contributed by atoms with Gasteiger partial charge in [-0.2, -0.15) is 0 Å². The maximum Gasteiger partial charge on any atom is 0.253 e. The van der Waals surface area contributed by atoms with E-state index in [0.717, 1.165) is 31.5 Å². The van der Waals surface area contributed by atoms with Crippen molar-refractivity contribution >= 4 is 17.7 Å². The van der Waals surface area contributed by atoms with Gasteiger partial charge in [-0.3, -0.25) is 14.4 Å². The number of carbonyl (C=O) groups is 3. The van der Waals surface area contributed by atoms with Crippen LogP contribution in [0.25, 0.3) is 0 Å². The summed E-state index contributed by atoms with van der Waals surface area (Å²) in [6.07, 6.45) is 3.29. The standard InChI is InChI=1S/C23H25N3O5/c27-21(14-25-22(28)18-8-9-19-20(12-18)31-15-30-19)24-13-16-4-6-17(7-5-16)23(29)26-10-2-1-3-11-26/h4-9,12H,1-3,10-11,13-15H2,(H,24,27)(H,25,28). The van der Waals surface area contributed by atoms with Crippen molar-refractivity contribution in [1.29, 1.82) is 0 Å². The van der Waals surface area contributed by atoms with Gasteiger partial charge in [0.05, 0.1) is 6.54 Å². The van der Waals surface area contributed by atoms with Gasteiger partial charge in [0.1, 0.15) is 0 Å². The zero-order valence-corrected chi connectivity index (χ0v) is 17.2. The Hall–Kier alpha value is -3.55. The zero-order chi connectivity index (χ0) is 21.6. The molecule has 0 radical (unpaired) electrons. The number of fused-ring (bicyclic) bond motifs is 1. The second-order valence-corrected chi connectivity index (χ2v) is 7.58. The molecule has 162 valence electrons. The van der Waals surface area contributed by atoms with Crippen LogP contribution < -0.4 is 20.1 Å². The molecule has 0 aliphatic carbocycles. The van der Waals surface area contributed by atoms with E-state index in [2.05, 4.69) is 10.6 Å². The monoisotopic (exact) mass is 423 g/mol. The van der Waals surface area contributed by atoms with Crippen molar-refractivity contribution in [2.24, 2.45) is 0 Å². The van der Waals surface area contributed by atoms with E-state index in [-0.39, 0.29) is 31.1 Å². The van der Waals surface area contributed by atoms with E-state index < -0.39 is 0 Å². The molecule has 31 heavy (non-hydrogen) atoms. The van der Waals surface area contributed by atoms with Crippen LogP contribution >= 0.6 is 0 Å². The molecule has 1 saturated heterocycles. The van der Waals surface area contributed by atoms with Crippen LogP contribution in [0.4, 0.5) is 0 Å². The van der Waals surface area contributed by atoms with Crippen LogP contribution in [0.3, 0.4) is 0 Å². The Bertz CT molecular complexity index is 968. The summed E-state index contributed by atoms with van der Waals surface area (Å²) in [4.78, 5) is 38.7. The van der Waals surface area contributed by atoms with Crippen molar-refractivity contribution in [3.8, 4) is 11.5 Å². The first-order valence-corrected chi connectivity index (χ1v) is 10.4. The summed E-state index contributed by atoms with van der Waals surface area (Å²) < 4.78 is 10.5. The summed E-state index contributed by atoms with van der Waals surface area (Å²) >= 11 is 0. The van der Waals surface area contributed by atoms with Crippen LogP contribution in [0.15, 0.2) is 42.5 Å². The van der Waals surface area contributed by atoms with Gasteiger partial charge in [0, 0.05) is 30.8 Å². The van der Waals surface area contributed by atoms with Gasteiger partial charge in [-0.1, -0.05) is 12.1 Å². The largest absolute Gasteiger partial charge is 0.454 e. The Morgan fingerprint density at radius 3 is 2.32 bits per heavy atom. The van der Waals surface area contributed by atoms with Gasteiger partial charge < -0.3 is 25.0 Å². The third-order valence-electron chi connectivity index (χ3n) is 5.38. The van der Waals surface area contributed by atoms with Gasteiger partial charge in [0.15, 0.2) is 11.5 Å². The minimum absolute atomic E-state index is 0.0570. The Labute approximate surface area is 180 Å². The highest BCUT2D eigenvalue weighted by Crippen LogP contribution is 2.32. The second kappa shape index (κ2) is 9.51. The highest BCUT2D eigenvalue weighted by atomic mass is 16.7. The second-order valence-electron chi connectivity index (χ2n) is 7.58. The molecule has 0 spiro atoms. The molecule has 0 atom stereocenters. The number of likely N-dealkylation sites (tertiary alicyclic amines) is 1. The molecular formula is C23H25N3O5. The molecule has 2 heterocycles. The highest BCUT2D eigenvalue weighted by Gasteiger charge is 2.18. The number of piperidine rings is 1. The van der Waals surface area contributed by atoms with Gasteiger partial charge in [0.25, 0.3) is 11.8 Å². The molecular weight excluding hydrogens is 398 g/mol. The summed E-state index contributed by atoms with van der Waals surface area (Å²) in [7, 11) is 0. The lowest BCUT2D eigenvalue weighted by atomic mass is 10.1.